The van der Waals surface area contributed by atoms with E-state index in [9.17, 15) is 0 Å². The van der Waals surface area contributed by atoms with Crippen molar-refractivity contribution in [1.29, 1.82) is 0 Å². The largest absolute Gasteiger partial charge is 0.491 e. The third kappa shape index (κ3) is 3.82. The van der Waals surface area contributed by atoms with Crippen molar-refractivity contribution in [3.63, 3.8) is 0 Å². The highest BCUT2D eigenvalue weighted by Crippen LogP contribution is 2.11. The van der Waals surface area contributed by atoms with Gasteiger partial charge in [-0.2, -0.15) is 0 Å². The van der Waals surface area contributed by atoms with Crippen LogP contribution in [0.5, 0.6) is 5.75 Å². The zero-order valence-corrected chi connectivity index (χ0v) is 8.14. The molecule has 0 fully saturated rings. The summed E-state index contributed by atoms with van der Waals surface area (Å²) in [5, 5.41) is 0.473. The summed E-state index contributed by atoms with van der Waals surface area (Å²) >= 11 is 5.61. The summed E-state index contributed by atoms with van der Waals surface area (Å²) in [7, 11) is 0. The van der Waals surface area contributed by atoms with Crippen LogP contribution >= 0.6 is 11.6 Å². The number of halogens is 1. The van der Waals surface area contributed by atoms with E-state index in [1.54, 1.807) is 18.3 Å². The third-order valence-electron chi connectivity index (χ3n) is 1.37. The van der Waals surface area contributed by atoms with Crippen LogP contribution in [0.25, 0.3) is 0 Å². The van der Waals surface area contributed by atoms with Gasteiger partial charge in [0.05, 0.1) is 12.8 Å². The Morgan fingerprint density at radius 2 is 2.38 bits per heavy atom. The number of aromatic nitrogens is 1. The van der Waals surface area contributed by atoms with Gasteiger partial charge in [0.1, 0.15) is 10.9 Å². The molecule has 0 amide bonds. The summed E-state index contributed by atoms with van der Waals surface area (Å²) in [5.74, 6) is 6.43. The number of rotatable bonds is 3. The number of nitrogens with zero attached hydrogens (tertiary/aromatic N) is 1. The molecule has 0 aromatic carbocycles. The van der Waals surface area contributed by atoms with E-state index in [2.05, 4.69) is 16.8 Å². The Bertz CT molecular complexity index is 310. The van der Waals surface area contributed by atoms with Crippen molar-refractivity contribution in [3.8, 4) is 17.6 Å². The molecule has 0 unspecified atom stereocenters. The Labute approximate surface area is 82.9 Å². The van der Waals surface area contributed by atoms with Crippen LogP contribution in [0.2, 0.25) is 5.15 Å². The van der Waals surface area contributed by atoms with Crippen LogP contribution in [-0.2, 0) is 0 Å². The highest BCUT2D eigenvalue weighted by atomic mass is 35.5. The molecule has 13 heavy (non-hydrogen) atoms. The first-order valence-corrected chi connectivity index (χ1v) is 4.34. The van der Waals surface area contributed by atoms with Gasteiger partial charge in [0.25, 0.3) is 0 Å². The zero-order chi connectivity index (χ0) is 9.52. The van der Waals surface area contributed by atoms with Crippen molar-refractivity contribution >= 4 is 11.6 Å². The summed E-state index contributed by atoms with van der Waals surface area (Å²) in [6.07, 6.45) is 2.33. The van der Waals surface area contributed by atoms with Crippen LogP contribution < -0.4 is 4.74 Å². The van der Waals surface area contributed by atoms with Crippen molar-refractivity contribution in [1.82, 2.24) is 4.98 Å². The minimum absolute atomic E-state index is 0.473. The molecule has 0 radical (unpaired) electrons. The molecule has 0 aliphatic heterocycles. The van der Waals surface area contributed by atoms with E-state index in [0.717, 1.165) is 12.2 Å². The van der Waals surface area contributed by atoms with E-state index in [0.29, 0.717) is 11.8 Å². The Balaban J connectivity index is 2.36. The summed E-state index contributed by atoms with van der Waals surface area (Å²) in [6, 6.07) is 3.48. The van der Waals surface area contributed by atoms with Crippen molar-refractivity contribution in [2.45, 2.75) is 13.3 Å². The second-order valence-corrected chi connectivity index (χ2v) is 2.73. The number of ether oxygens (including phenoxy) is 1. The maximum absolute atomic E-state index is 5.61. The van der Waals surface area contributed by atoms with E-state index in [1.165, 1.54) is 0 Å². The molecule has 0 atom stereocenters. The average Bonchev–Trinajstić information content (AvgIpc) is 2.15. The van der Waals surface area contributed by atoms with Gasteiger partial charge in [-0.05, 0) is 19.1 Å². The lowest BCUT2D eigenvalue weighted by Crippen LogP contribution is -1.95. The lowest BCUT2D eigenvalue weighted by atomic mass is 10.4. The fourth-order valence-electron chi connectivity index (χ4n) is 0.793. The van der Waals surface area contributed by atoms with Crippen molar-refractivity contribution < 1.29 is 4.74 Å². The molecule has 1 aromatic heterocycles. The molecule has 0 aliphatic rings. The minimum Gasteiger partial charge on any atom is -0.491 e. The Hall–Kier alpha value is -1.20. The molecule has 68 valence electrons. The molecular formula is C10H10ClNO. The average molecular weight is 196 g/mol. The lowest BCUT2D eigenvalue weighted by molar-refractivity contribution is 0.326. The second kappa shape index (κ2) is 5.45. The monoisotopic (exact) mass is 195 g/mol. The van der Waals surface area contributed by atoms with Crippen molar-refractivity contribution in [2.24, 2.45) is 0 Å². The molecule has 0 spiro atoms. The first-order chi connectivity index (χ1) is 6.33. The van der Waals surface area contributed by atoms with Gasteiger partial charge in [-0.1, -0.05) is 11.6 Å². The van der Waals surface area contributed by atoms with E-state index >= 15 is 0 Å². The molecular weight excluding hydrogens is 186 g/mol. The summed E-state index contributed by atoms with van der Waals surface area (Å²) in [5.41, 5.74) is 0. The molecule has 2 nitrogen and oxygen atoms in total. The van der Waals surface area contributed by atoms with Crippen LogP contribution in [0, 0.1) is 11.8 Å². The van der Waals surface area contributed by atoms with E-state index < -0.39 is 0 Å². The smallest absolute Gasteiger partial charge is 0.137 e. The molecule has 0 N–H and O–H groups in total. The second-order valence-electron chi connectivity index (χ2n) is 2.34. The predicted octanol–water partition coefficient (Wildman–Crippen LogP) is 2.53. The standard InChI is InChI=1S/C10H10ClNO/c1-2-3-4-7-13-9-5-6-10(11)12-8-9/h5-6,8H,4,7H2,1H3. The lowest BCUT2D eigenvalue weighted by Gasteiger charge is -2.01. The highest BCUT2D eigenvalue weighted by molar-refractivity contribution is 6.29. The fourth-order valence-corrected chi connectivity index (χ4v) is 0.904. The topological polar surface area (TPSA) is 22.1 Å². The van der Waals surface area contributed by atoms with Gasteiger partial charge < -0.3 is 4.74 Å². The van der Waals surface area contributed by atoms with E-state index in [1.807, 2.05) is 6.92 Å². The number of pyridine rings is 1. The first kappa shape index (κ1) is 9.88. The van der Waals surface area contributed by atoms with Gasteiger partial charge >= 0.3 is 0 Å². The molecule has 0 bridgehead atoms. The molecule has 1 heterocycles. The summed E-state index contributed by atoms with van der Waals surface area (Å²) < 4.78 is 5.34. The number of hydrogen-bond acceptors (Lipinski definition) is 2. The van der Waals surface area contributed by atoms with Crippen LogP contribution in [0.4, 0.5) is 0 Å². The van der Waals surface area contributed by atoms with Crippen molar-refractivity contribution in [2.75, 3.05) is 6.61 Å². The van der Waals surface area contributed by atoms with Crippen LogP contribution in [0.1, 0.15) is 13.3 Å². The quantitative estimate of drug-likeness (QED) is 0.420. The Kier molecular flexibility index (Phi) is 4.14. The fraction of sp³-hybridized carbons (Fsp3) is 0.300. The normalized spacial score (nSPS) is 8.77. The minimum atomic E-state index is 0.473. The van der Waals surface area contributed by atoms with Crippen LogP contribution in [0.15, 0.2) is 18.3 Å². The van der Waals surface area contributed by atoms with Crippen molar-refractivity contribution in [3.05, 3.63) is 23.5 Å². The van der Waals surface area contributed by atoms with Crippen LogP contribution in [-0.4, -0.2) is 11.6 Å². The Morgan fingerprint density at radius 3 is 3.00 bits per heavy atom. The molecule has 0 aliphatic carbocycles. The van der Waals surface area contributed by atoms with Gasteiger partial charge in [0.15, 0.2) is 0 Å². The summed E-state index contributed by atoms with van der Waals surface area (Å²) in [6.45, 7) is 2.40. The number of hydrogen-bond donors (Lipinski definition) is 0. The molecule has 1 aromatic rings. The van der Waals surface area contributed by atoms with E-state index in [4.69, 9.17) is 16.3 Å². The van der Waals surface area contributed by atoms with Crippen LogP contribution in [0.3, 0.4) is 0 Å². The molecule has 3 heteroatoms. The van der Waals surface area contributed by atoms with Gasteiger partial charge in [-0.3, -0.25) is 0 Å². The van der Waals surface area contributed by atoms with Gasteiger partial charge in [0, 0.05) is 6.42 Å². The molecule has 0 saturated heterocycles. The Morgan fingerprint density at radius 1 is 1.54 bits per heavy atom. The third-order valence-corrected chi connectivity index (χ3v) is 1.60. The SMILES string of the molecule is CC#CCCOc1ccc(Cl)nc1. The van der Waals surface area contributed by atoms with Gasteiger partial charge in [-0.25, -0.2) is 4.98 Å². The maximum Gasteiger partial charge on any atom is 0.137 e. The molecule has 0 saturated carbocycles. The highest BCUT2D eigenvalue weighted by Gasteiger charge is 1.92. The summed E-state index contributed by atoms with van der Waals surface area (Å²) in [4.78, 5) is 3.88. The first-order valence-electron chi connectivity index (χ1n) is 3.97. The zero-order valence-electron chi connectivity index (χ0n) is 7.38. The van der Waals surface area contributed by atoms with E-state index in [-0.39, 0.29) is 0 Å². The maximum atomic E-state index is 5.61. The van der Waals surface area contributed by atoms with Gasteiger partial charge in [0.2, 0.25) is 0 Å². The predicted molar refractivity (Wildman–Crippen MR) is 52.8 cm³/mol. The molecule has 1 rings (SSSR count). The van der Waals surface area contributed by atoms with Gasteiger partial charge in [-0.15, -0.1) is 11.8 Å².